The van der Waals surface area contributed by atoms with E-state index < -0.39 is 5.97 Å². The van der Waals surface area contributed by atoms with Crippen LogP contribution in [0, 0.1) is 3.95 Å². The van der Waals surface area contributed by atoms with Crippen LogP contribution in [0.1, 0.15) is 33.6 Å². The summed E-state index contributed by atoms with van der Waals surface area (Å²) in [5.74, 6) is -1.14. The van der Waals surface area contributed by atoms with Gasteiger partial charge >= 0.3 is 5.97 Å². The van der Waals surface area contributed by atoms with Crippen LogP contribution in [-0.2, 0) is 11.3 Å². The van der Waals surface area contributed by atoms with Gasteiger partial charge in [-0.05, 0) is 55.0 Å². The van der Waals surface area contributed by atoms with E-state index >= 15 is 0 Å². The van der Waals surface area contributed by atoms with Crippen LogP contribution >= 0.6 is 23.6 Å². The lowest BCUT2D eigenvalue weighted by molar-refractivity contribution is -0.116. The van der Waals surface area contributed by atoms with Gasteiger partial charge in [0.15, 0.2) is 3.95 Å². The van der Waals surface area contributed by atoms with E-state index in [1.54, 1.807) is 22.9 Å². The predicted molar refractivity (Wildman–Crippen MR) is 129 cm³/mol. The van der Waals surface area contributed by atoms with Gasteiger partial charge in [0, 0.05) is 36.0 Å². The van der Waals surface area contributed by atoms with E-state index in [9.17, 15) is 14.7 Å². The Morgan fingerprint density at radius 1 is 1.16 bits per heavy atom. The number of aromatic carboxylic acids is 1. The molecule has 2 heterocycles. The number of amides is 1. The number of carboxylic acids is 1. The number of allylic oxidation sites excluding steroid dienone is 1. The number of thiazole rings is 1. The second-order valence-corrected chi connectivity index (χ2v) is 8.79. The Morgan fingerprint density at radius 3 is 2.66 bits per heavy atom. The van der Waals surface area contributed by atoms with E-state index in [1.165, 1.54) is 23.5 Å². The molecule has 32 heavy (non-hydrogen) atoms. The Labute approximate surface area is 193 Å². The number of carbonyl (C=O) groups excluding carboxylic acids is 1. The number of benzene rings is 2. The number of aliphatic imine (C=N–C) groups is 1. The molecule has 9 heteroatoms. The average Bonchev–Trinajstić information content (AvgIpc) is 3.30. The van der Waals surface area contributed by atoms with Crippen LogP contribution in [0.5, 0.6) is 5.88 Å². The lowest BCUT2D eigenvalue weighted by Crippen LogP contribution is -2.12. The normalized spacial score (nSPS) is 13.3. The molecule has 0 unspecified atom stereocenters. The molecule has 0 saturated heterocycles. The van der Waals surface area contributed by atoms with Crippen molar-refractivity contribution in [3.8, 4) is 5.88 Å². The molecule has 3 aromatic rings. The maximum atomic E-state index is 12.2. The summed E-state index contributed by atoms with van der Waals surface area (Å²) in [6, 6.07) is 13.8. The number of nitrogens with zero attached hydrogens (tertiary/aromatic N) is 2. The maximum absolute atomic E-state index is 12.2. The molecule has 0 bridgehead atoms. The van der Waals surface area contributed by atoms with Crippen LogP contribution < -0.4 is 5.32 Å². The highest BCUT2D eigenvalue weighted by molar-refractivity contribution is 7.73. The number of rotatable bonds is 7. The van der Waals surface area contributed by atoms with Crippen LogP contribution in [0.2, 0.25) is 0 Å². The van der Waals surface area contributed by atoms with Gasteiger partial charge in [-0.15, -0.1) is 11.3 Å². The fourth-order valence-corrected chi connectivity index (χ4v) is 4.63. The lowest BCUT2D eigenvalue weighted by Gasteiger charge is -2.07. The SMILES string of the molecule is O=C(CCCn1c(O)c(/C=C2\C=Nc3ccccc32)sc1=S)Nc1ccc(C(=O)O)cc1. The van der Waals surface area contributed by atoms with E-state index in [1.807, 2.05) is 30.3 Å². The predicted octanol–water partition coefficient (Wildman–Crippen LogP) is 5.36. The van der Waals surface area contributed by atoms with Gasteiger partial charge in [0.2, 0.25) is 11.8 Å². The Hall–Kier alpha value is -3.56. The largest absolute Gasteiger partial charge is 0.493 e. The van der Waals surface area contributed by atoms with Crippen molar-refractivity contribution in [2.45, 2.75) is 19.4 Å². The fraction of sp³-hybridized carbons (Fsp3) is 0.130. The number of hydrogen-bond donors (Lipinski definition) is 3. The summed E-state index contributed by atoms with van der Waals surface area (Å²) in [5, 5.41) is 22.3. The number of anilines is 1. The van der Waals surface area contributed by atoms with Crippen LogP contribution in [0.4, 0.5) is 11.4 Å². The lowest BCUT2D eigenvalue weighted by atomic mass is 10.1. The van der Waals surface area contributed by atoms with E-state index in [-0.39, 0.29) is 23.8 Å². The van der Waals surface area contributed by atoms with Crippen molar-refractivity contribution in [1.82, 2.24) is 4.57 Å². The molecule has 1 aromatic heterocycles. The molecule has 1 amide bonds. The standard InChI is InChI=1S/C23H19N3O4S2/c27-20(25-16-9-7-14(8-10-16)22(29)30)6-3-11-26-21(28)19(32-23(26)31)12-15-13-24-18-5-2-1-4-17(15)18/h1-2,4-5,7-10,12-13,28H,3,6,11H2,(H,25,27)(H,29,30)/b15-12+. The monoisotopic (exact) mass is 465 g/mol. The first kappa shape index (κ1) is 21.7. The number of aromatic hydroxyl groups is 1. The summed E-state index contributed by atoms with van der Waals surface area (Å²) >= 11 is 6.72. The molecule has 0 fully saturated rings. The van der Waals surface area contributed by atoms with Gasteiger partial charge in [0.05, 0.1) is 16.1 Å². The van der Waals surface area contributed by atoms with Gasteiger partial charge in [-0.1, -0.05) is 18.2 Å². The Morgan fingerprint density at radius 2 is 1.91 bits per heavy atom. The summed E-state index contributed by atoms with van der Waals surface area (Å²) in [7, 11) is 0. The summed E-state index contributed by atoms with van der Waals surface area (Å²) in [5.41, 5.74) is 3.49. The van der Waals surface area contributed by atoms with Crippen molar-refractivity contribution in [3.63, 3.8) is 0 Å². The van der Waals surface area contributed by atoms with Crippen molar-refractivity contribution >= 4 is 64.7 Å². The molecule has 7 nitrogen and oxygen atoms in total. The highest BCUT2D eigenvalue weighted by Gasteiger charge is 2.15. The van der Waals surface area contributed by atoms with Crippen molar-refractivity contribution in [1.29, 1.82) is 0 Å². The fourth-order valence-electron chi connectivity index (χ4n) is 3.32. The van der Waals surface area contributed by atoms with Crippen molar-refractivity contribution < 1.29 is 19.8 Å². The van der Waals surface area contributed by atoms with Crippen molar-refractivity contribution in [2.24, 2.45) is 4.99 Å². The number of hydrogen-bond acceptors (Lipinski definition) is 6. The zero-order valence-electron chi connectivity index (χ0n) is 16.8. The quantitative estimate of drug-likeness (QED) is 0.408. The molecule has 0 aliphatic carbocycles. The van der Waals surface area contributed by atoms with Crippen LogP contribution in [0.15, 0.2) is 53.5 Å². The molecule has 2 aromatic carbocycles. The van der Waals surface area contributed by atoms with Crippen molar-refractivity contribution in [3.05, 3.63) is 68.5 Å². The molecule has 4 rings (SSSR count). The summed E-state index contributed by atoms with van der Waals surface area (Å²) in [4.78, 5) is 28.1. The van der Waals surface area contributed by atoms with Gasteiger partial charge in [0.1, 0.15) is 0 Å². The van der Waals surface area contributed by atoms with Crippen molar-refractivity contribution in [2.75, 3.05) is 5.32 Å². The topological polar surface area (TPSA) is 104 Å². The molecule has 1 aliphatic heterocycles. The minimum absolute atomic E-state index is 0.0787. The molecule has 0 atom stereocenters. The Kier molecular flexibility index (Phi) is 6.29. The second kappa shape index (κ2) is 9.29. The maximum Gasteiger partial charge on any atom is 0.335 e. The van der Waals surface area contributed by atoms with Gasteiger partial charge in [-0.2, -0.15) is 0 Å². The molecular formula is C23H19N3O4S2. The smallest absolute Gasteiger partial charge is 0.335 e. The third-order valence-corrected chi connectivity index (χ3v) is 6.32. The number of fused-ring (bicyclic) bond motifs is 1. The molecule has 0 saturated carbocycles. The minimum atomic E-state index is -1.02. The number of aromatic nitrogens is 1. The first-order valence-corrected chi connectivity index (χ1v) is 11.1. The molecular weight excluding hydrogens is 446 g/mol. The second-order valence-electron chi connectivity index (χ2n) is 7.12. The zero-order chi connectivity index (χ0) is 22.7. The number of carbonyl (C=O) groups is 2. The van der Waals surface area contributed by atoms with Crippen LogP contribution in [0.3, 0.4) is 0 Å². The van der Waals surface area contributed by atoms with E-state index in [0.717, 1.165) is 16.8 Å². The third kappa shape index (κ3) is 4.68. The molecule has 162 valence electrons. The van der Waals surface area contributed by atoms with E-state index in [2.05, 4.69) is 10.3 Å². The average molecular weight is 466 g/mol. The highest BCUT2D eigenvalue weighted by atomic mass is 32.1. The van der Waals surface area contributed by atoms with Gasteiger partial charge in [-0.3, -0.25) is 14.4 Å². The molecule has 1 aliphatic rings. The molecule has 0 radical (unpaired) electrons. The van der Waals surface area contributed by atoms with Crippen LogP contribution in [-0.4, -0.2) is 32.9 Å². The number of nitrogens with one attached hydrogen (secondary N) is 1. The Bertz CT molecular complexity index is 1300. The highest BCUT2D eigenvalue weighted by Crippen LogP contribution is 2.35. The Balaban J connectivity index is 1.37. The summed E-state index contributed by atoms with van der Waals surface area (Å²) < 4.78 is 2.15. The zero-order valence-corrected chi connectivity index (χ0v) is 18.4. The van der Waals surface area contributed by atoms with Gasteiger partial charge < -0.3 is 15.5 Å². The van der Waals surface area contributed by atoms with E-state index in [4.69, 9.17) is 17.3 Å². The molecule has 3 N–H and O–H groups in total. The minimum Gasteiger partial charge on any atom is -0.493 e. The summed E-state index contributed by atoms with van der Waals surface area (Å²) in [6.45, 7) is 0.403. The third-order valence-electron chi connectivity index (χ3n) is 4.94. The first-order chi connectivity index (χ1) is 15.4. The number of carboxylic acid groups (broad SMARTS) is 1. The van der Waals surface area contributed by atoms with E-state index in [0.29, 0.717) is 27.5 Å². The van der Waals surface area contributed by atoms with Crippen LogP contribution in [0.25, 0.3) is 11.6 Å². The van der Waals surface area contributed by atoms with Gasteiger partial charge in [0.25, 0.3) is 0 Å². The number of para-hydroxylation sites is 1. The molecule has 0 spiro atoms. The van der Waals surface area contributed by atoms with Gasteiger partial charge in [-0.25, -0.2) is 4.79 Å². The summed E-state index contributed by atoms with van der Waals surface area (Å²) in [6.07, 6.45) is 4.35. The first-order valence-electron chi connectivity index (χ1n) is 9.83.